The van der Waals surface area contributed by atoms with E-state index in [0.717, 1.165) is 30.7 Å². The standard InChI is InChI=1S/C24H31N5O5/c1-2-33-21-6-4-3-5-18(21)23(31)28-10-9-24(15-28)16-29-20(14-34-24)19(26-27-29)13-25-22(30)17-7-11-32-12-8-17/h3-6,17H,2,7-16H2,1H3,(H,25,30). The van der Waals surface area contributed by atoms with Gasteiger partial charge in [-0.1, -0.05) is 17.3 Å². The fraction of sp³-hybridized carbons (Fsp3) is 0.583. The second-order valence-electron chi connectivity index (χ2n) is 9.12. The molecule has 2 fully saturated rings. The molecule has 182 valence electrons. The highest BCUT2D eigenvalue weighted by molar-refractivity contribution is 5.97. The van der Waals surface area contributed by atoms with Gasteiger partial charge in [0.2, 0.25) is 5.91 Å². The summed E-state index contributed by atoms with van der Waals surface area (Å²) in [6.07, 6.45) is 2.23. The van der Waals surface area contributed by atoms with Crippen LogP contribution in [0.1, 0.15) is 47.9 Å². The van der Waals surface area contributed by atoms with Crippen LogP contribution in [0.15, 0.2) is 24.3 Å². The summed E-state index contributed by atoms with van der Waals surface area (Å²) in [7, 11) is 0. The maximum atomic E-state index is 13.2. The molecule has 1 unspecified atom stereocenters. The molecule has 1 aromatic heterocycles. The third-order valence-electron chi connectivity index (χ3n) is 6.91. The molecule has 0 saturated carbocycles. The molecule has 10 heteroatoms. The second kappa shape index (κ2) is 9.71. The molecule has 2 aromatic rings. The molecule has 10 nitrogen and oxygen atoms in total. The highest BCUT2D eigenvalue weighted by Gasteiger charge is 2.45. The quantitative estimate of drug-likeness (QED) is 0.684. The Hall–Kier alpha value is -2.98. The van der Waals surface area contributed by atoms with Crippen molar-refractivity contribution in [2.45, 2.75) is 51.5 Å². The van der Waals surface area contributed by atoms with Crippen LogP contribution in [0.2, 0.25) is 0 Å². The Bertz CT molecular complexity index is 1050. The van der Waals surface area contributed by atoms with E-state index < -0.39 is 5.60 Å². The van der Waals surface area contributed by atoms with Gasteiger partial charge >= 0.3 is 0 Å². The number of amides is 2. The molecule has 3 aliphatic heterocycles. The Balaban J connectivity index is 1.21. The molecule has 3 aliphatic rings. The molecular weight excluding hydrogens is 438 g/mol. The van der Waals surface area contributed by atoms with E-state index in [2.05, 4.69) is 15.6 Å². The van der Waals surface area contributed by atoms with E-state index in [9.17, 15) is 9.59 Å². The third kappa shape index (κ3) is 4.52. The maximum Gasteiger partial charge on any atom is 0.257 e. The summed E-state index contributed by atoms with van der Waals surface area (Å²) in [6, 6.07) is 7.34. The number of nitrogens with zero attached hydrogens (tertiary/aromatic N) is 4. The minimum absolute atomic E-state index is 0.00506. The van der Waals surface area contributed by atoms with E-state index >= 15 is 0 Å². The number of carbonyl (C=O) groups excluding carboxylic acids is 2. The molecule has 0 radical (unpaired) electrons. The molecule has 1 spiro atoms. The van der Waals surface area contributed by atoms with Crippen LogP contribution in [0.3, 0.4) is 0 Å². The lowest BCUT2D eigenvalue weighted by atomic mass is 9.99. The summed E-state index contributed by atoms with van der Waals surface area (Å²) >= 11 is 0. The van der Waals surface area contributed by atoms with Crippen molar-refractivity contribution in [3.8, 4) is 5.75 Å². The van der Waals surface area contributed by atoms with Crippen LogP contribution in [0.25, 0.3) is 0 Å². The lowest BCUT2D eigenvalue weighted by Gasteiger charge is -2.34. The predicted octanol–water partition coefficient (Wildman–Crippen LogP) is 1.53. The summed E-state index contributed by atoms with van der Waals surface area (Å²) in [6.45, 7) is 5.98. The average molecular weight is 470 g/mol. The van der Waals surface area contributed by atoms with Gasteiger partial charge in [0.05, 0.1) is 44.1 Å². The SMILES string of the molecule is CCOc1ccccc1C(=O)N1CCC2(C1)Cn1nnc(CNC(=O)C3CCOCC3)c1CO2. The van der Waals surface area contributed by atoms with Crippen LogP contribution >= 0.6 is 0 Å². The number of likely N-dealkylation sites (tertiary alicyclic amines) is 1. The molecule has 1 N–H and O–H groups in total. The summed E-state index contributed by atoms with van der Waals surface area (Å²) in [5, 5.41) is 11.6. The zero-order chi connectivity index (χ0) is 23.5. The van der Waals surface area contributed by atoms with Crippen molar-refractivity contribution in [1.82, 2.24) is 25.2 Å². The molecule has 1 atom stereocenters. The topological polar surface area (TPSA) is 108 Å². The first-order chi connectivity index (χ1) is 16.6. The van der Waals surface area contributed by atoms with Crippen LogP contribution in [0.4, 0.5) is 0 Å². The first-order valence-electron chi connectivity index (χ1n) is 12.0. The van der Waals surface area contributed by atoms with Crippen molar-refractivity contribution < 1.29 is 23.8 Å². The Morgan fingerprint density at radius 1 is 1.24 bits per heavy atom. The number of aromatic nitrogens is 3. The monoisotopic (exact) mass is 469 g/mol. The lowest BCUT2D eigenvalue weighted by molar-refractivity contribution is -0.128. The summed E-state index contributed by atoms with van der Waals surface area (Å²) in [5.74, 6) is 0.585. The highest BCUT2D eigenvalue weighted by atomic mass is 16.5. The first kappa shape index (κ1) is 22.8. The van der Waals surface area contributed by atoms with Gasteiger partial charge in [-0.25, -0.2) is 4.68 Å². The molecule has 34 heavy (non-hydrogen) atoms. The Labute approximate surface area is 198 Å². The number of ether oxygens (including phenoxy) is 3. The number of hydrogen-bond donors (Lipinski definition) is 1. The van der Waals surface area contributed by atoms with Crippen molar-refractivity contribution in [2.75, 3.05) is 32.9 Å². The maximum absolute atomic E-state index is 13.2. The van der Waals surface area contributed by atoms with Gasteiger partial charge in [-0.15, -0.1) is 5.10 Å². The van der Waals surface area contributed by atoms with E-state index in [1.165, 1.54) is 0 Å². The van der Waals surface area contributed by atoms with Crippen LogP contribution in [0.5, 0.6) is 5.75 Å². The average Bonchev–Trinajstić information content (AvgIpc) is 3.47. The summed E-state index contributed by atoms with van der Waals surface area (Å²) in [5.41, 5.74) is 1.69. The van der Waals surface area contributed by atoms with Crippen molar-refractivity contribution in [1.29, 1.82) is 0 Å². The number of fused-ring (bicyclic) bond motifs is 1. The van der Waals surface area contributed by atoms with Gasteiger partial charge in [0.1, 0.15) is 17.0 Å². The van der Waals surface area contributed by atoms with Gasteiger partial charge < -0.3 is 24.4 Å². The summed E-state index contributed by atoms with van der Waals surface area (Å²) in [4.78, 5) is 27.5. The predicted molar refractivity (Wildman–Crippen MR) is 121 cm³/mol. The van der Waals surface area contributed by atoms with Crippen LogP contribution in [-0.4, -0.2) is 70.2 Å². The molecule has 2 saturated heterocycles. The molecule has 2 amide bonds. The van der Waals surface area contributed by atoms with Crippen molar-refractivity contribution in [3.63, 3.8) is 0 Å². The first-order valence-corrected chi connectivity index (χ1v) is 12.0. The smallest absolute Gasteiger partial charge is 0.257 e. The number of para-hydroxylation sites is 1. The molecule has 1 aromatic carbocycles. The van der Waals surface area contributed by atoms with Crippen molar-refractivity contribution in [2.24, 2.45) is 5.92 Å². The number of hydrogen-bond acceptors (Lipinski definition) is 7. The number of nitrogens with one attached hydrogen (secondary N) is 1. The van der Waals surface area contributed by atoms with Crippen LogP contribution in [-0.2, 0) is 34.0 Å². The summed E-state index contributed by atoms with van der Waals surface area (Å²) < 4.78 is 19.2. The second-order valence-corrected chi connectivity index (χ2v) is 9.12. The Morgan fingerprint density at radius 3 is 2.88 bits per heavy atom. The number of rotatable bonds is 6. The highest BCUT2D eigenvalue weighted by Crippen LogP contribution is 2.34. The zero-order valence-electron chi connectivity index (χ0n) is 19.5. The van der Waals surface area contributed by atoms with Gasteiger partial charge in [-0.3, -0.25) is 9.59 Å². The molecule has 0 aliphatic carbocycles. The molecule has 4 heterocycles. The van der Waals surface area contributed by atoms with Gasteiger partial charge in [-0.05, 0) is 38.3 Å². The third-order valence-corrected chi connectivity index (χ3v) is 6.91. The van der Waals surface area contributed by atoms with Crippen LogP contribution in [0, 0.1) is 5.92 Å². The zero-order valence-corrected chi connectivity index (χ0v) is 19.5. The molecule has 5 rings (SSSR count). The van der Waals surface area contributed by atoms with Gasteiger partial charge in [-0.2, -0.15) is 0 Å². The minimum Gasteiger partial charge on any atom is -0.493 e. The normalized spacial score (nSPS) is 22.6. The fourth-order valence-corrected chi connectivity index (χ4v) is 4.97. The molecule has 0 bridgehead atoms. The Morgan fingerprint density at radius 2 is 2.06 bits per heavy atom. The van der Waals surface area contributed by atoms with Gasteiger partial charge in [0.25, 0.3) is 5.91 Å². The Kier molecular flexibility index (Phi) is 6.51. The van der Waals surface area contributed by atoms with Gasteiger partial charge in [0.15, 0.2) is 0 Å². The number of carbonyl (C=O) groups is 2. The van der Waals surface area contributed by atoms with E-state index in [4.69, 9.17) is 14.2 Å². The van der Waals surface area contributed by atoms with Crippen molar-refractivity contribution >= 4 is 11.8 Å². The fourth-order valence-electron chi connectivity index (χ4n) is 4.97. The lowest BCUT2D eigenvalue weighted by Crippen LogP contribution is -2.45. The van der Waals surface area contributed by atoms with E-state index in [1.807, 2.05) is 34.7 Å². The van der Waals surface area contributed by atoms with E-state index in [1.54, 1.807) is 6.07 Å². The van der Waals surface area contributed by atoms with E-state index in [-0.39, 0.29) is 17.7 Å². The minimum atomic E-state index is -0.487. The van der Waals surface area contributed by atoms with Crippen molar-refractivity contribution in [3.05, 3.63) is 41.2 Å². The molecular formula is C24H31N5O5. The van der Waals surface area contributed by atoms with Crippen LogP contribution < -0.4 is 10.1 Å². The van der Waals surface area contributed by atoms with E-state index in [0.29, 0.717) is 63.9 Å². The largest absolute Gasteiger partial charge is 0.493 e. The van der Waals surface area contributed by atoms with Gasteiger partial charge in [0, 0.05) is 25.7 Å². The number of benzene rings is 1.